The summed E-state index contributed by atoms with van der Waals surface area (Å²) in [6.45, 7) is 2.72. The Morgan fingerprint density at radius 1 is 0.947 bits per heavy atom. The SMILES string of the molecule is [2H]CP(I)(CCCC)(c1ccccc1)c1ccccc1. The van der Waals surface area contributed by atoms with Gasteiger partial charge in [0.25, 0.3) is 0 Å². The van der Waals surface area contributed by atoms with Crippen molar-refractivity contribution in [2.24, 2.45) is 0 Å². The van der Waals surface area contributed by atoms with E-state index in [0.29, 0.717) is 6.64 Å². The van der Waals surface area contributed by atoms with Gasteiger partial charge in [0.1, 0.15) is 0 Å². The van der Waals surface area contributed by atoms with Gasteiger partial charge in [-0.05, 0) is 0 Å². The Bertz CT molecular complexity index is 502. The number of halogens is 1. The van der Waals surface area contributed by atoms with E-state index in [4.69, 9.17) is 1.37 Å². The van der Waals surface area contributed by atoms with Crippen molar-refractivity contribution in [1.82, 2.24) is 0 Å². The van der Waals surface area contributed by atoms with Gasteiger partial charge in [0.15, 0.2) is 0 Å². The molecule has 0 nitrogen and oxygen atoms in total. The topological polar surface area (TPSA) is 0 Å². The van der Waals surface area contributed by atoms with Crippen molar-refractivity contribution in [1.29, 1.82) is 0 Å². The van der Waals surface area contributed by atoms with Crippen molar-refractivity contribution in [2.75, 3.05) is 12.8 Å². The predicted molar refractivity (Wildman–Crippen MR) is 98.8 cm³/mol. The van der Waals surface area contributed by atoms with E-state index in [1.807, 2.05) is 0 Å². The molecule has 0 fully saturated rings. The fourth-order valence-electron chi connectivity index (χ4n) is 2.43. The number of hydrogen-bond acceptors (Lipinski definition) is 0. The minimum atomic E-state index is -2.40. The molecule has 0 heterocycles. The van der Waals surface area contributed by atoms with Crippen LogP contribution < -0.4 is 10.6 Å². The summed E-state index contributed by atoms with van der Waals surface area (Å²) in [5.74, 6) is 0. The van der Waals surface area contributed by atoms with E-state index in [2.05, 4.69) is 89.6 Å². The van der Waals surface area contributed by atoms with Crippen molar-refractivity contribution in [3.8, 4) is 0 Å². The molecule has 0 aliphatic heterocycles. The number of hydrogen-bond donors (Lipinski definition) is 0. The van der Waals surface area contributed by atoms with E-state index >= 15 is 0 Å². The summed E-state index contributed by atoms with van der Waals surface area (Å²) in [4.78, 5) is 0. The molecule has 2 aromatic rings. The molecule has 0 spiro atoms. The van der Waals surface area contributed by atoms with Crippen molar-refractivity contribution < 1.29 is 1.37 Å². The molecule has 0 aliphatic carbocycles. The molecule has 0 bridgehead atoms. The van der Waals surface area contributed by atoms with Crippen molar-refractivity contribution >= 4 is 36.9 Å². The van der Waals surface area contributed by atoms with Crippen LogP contribution in [0.1, 0.15) is 21.1 Å². The Labute approximate surface area is 131 Å². The van der Waals surface area contributed by atoms with Gasteiger partial charge >= 0.3 is 131 Å². The molecule has 2 rings (SSSR count). The van der Waals surface area contributed by atoms with Gasteiger partial charge in [-0.1, -0.05) is 0 Å². The van der Waals surface area contributed by atoms with Gasteiger partial charge in [-0.25, -0.2) is 0 Å². The Morgan fingerprint density at radius 2 is 1.42 bits per heavy atom. The summed E-state index contributed by atoms with van der Waals surface area (Å²) in [5.41, 5.74) is 0. The molecule has 0 aliphatic rings. The van der Waals surface area contributed by atoms with Crippen LogP contribution in [0.25, 0.3) is 0 Å². The van der Waals surface area contributed by atoms with Crippen molar-refractivity contribution in [2.45, 2.75) is 19.8 Å². The molecular formula is C17H22IP. The molecular weight excluding hydrogens is 362 g/mol. The van der Waals surface area contributed by atoms with E-state index in [9.17, 15) is 0 Å². The predicted octanol–water partition coefficient (Wildman–Crippen LogP) is 4.97. The number of rotatable bonds is 5. The van der Waals surface area contributed by atoms with Crippen LogP contribution in [0.5, 0.6) is 0 Å². The van der Waals surface area contributed by atoms with Gasteiger partial charge in [0.2, 0.25) is 0 Å². The van der Waals surface area contributed by atoms with Crippen LogP contribution in [0.3, 0.4) is 0 Å². The molecule has 0 unspecified atom stereocenters. The van der Waals surface area contributed by atoms with E-state index in [1.54, 1.807) is 0 Å². The average molecular weight is 385 g/mol. The zero-order valence-corrected chi connectivity index (χ0v) is 14.5. The third-order valence-electron chi connectivity index (χ3n) is 3.67. The molecule has 102 valence electrons. The molecule has 2 aromatic carbocycles. The minimum absolute atomic E-state index is 0.486. The molecule has 0 saturated heterocycles. The van der Waals surface area contributed by atoms with Gasteiger partial charge in [0, 0.05) is 0 Å². The summed E-state index contributed by atoms with van der Waals surface area (Å²) < 4.78 is 6.01. The maximum atomic E-state index is 8.41. The maximum absolute atomic E-state index is 8.41. The van der Waals surface area contributed by atoms with Gasteiger partial charge in [-0.2, -0.15) is 0 Å². The second-order valence-electron chi connectivity index (χ2n) is 5.12. The van der Waals surface area contributed by atoms with Crippen molar-refractivity contribution in [3.05, 3.63) is 60.7 Å². The summed E-state index contributed by atoms with van der Waals surface area (Å²) in [6, 6.07) is 21.5. The normalized spacial score (nSPS) is 14.4. The third kappa shape index (κ3) is 3.03. The second-order valence-corrected chi connectivity index (χ2v) is 16.3. The van der Waals surface area contributed by atoms with Crippen LogP contribution in [0, 0.1) is 0 Å². The second kappa shape index (κ2) is 5.93. The van der Waals surface area contributed by atoms with Crippen LogP contribution in [0.2, 0.25) is 0 Å². The first-order valence-corrected chi connectivity index (χ1v) is 12.2. The summed E-state index contributed by atoms with van der Waals surface area (Å²) in [6.07, 6.45) is 3.49. The molecule has 2 heteroatoms. The Hall–Kier alpha value is -0.400. The Morgan fingerprint density at radius 3 is 1.79 bits per heavy atom. The molecule has 0 N–H and O–H groups in total. The molecule has 0 aromatic heterocycles. The van der Waals surface area contributed by atoms with E-state index < -0.39 is 4.25 Å². The molecule has 19 heavy (non-hydrogen) atoms. The fourth-order valence-corrected chi connectivity index (χ4v) is 8.89. The summed E-state index contributed by atoms with van der Waals surface area (Å²) in [7, 11) is 0. The molecule has 0 atom stereocenters. The fraction of sp³-hybridized carbons (Fsp3) is 0.294. The zero-order valence-electron chi connectivity index (χ0n) is 12.4. The Kier molecular flexibility index (Phi) is 4.24. The van der Waals surface area contributed by atoms with Gasteiger partial charge in [0.05, 0.1) is 0 Å². The quantitative estimate of drug-likeness (QED) is 0.504. The molecule has 0 radical (unpaired) electrons. The molecule has 0 saturated carbocycles. The van der Waals surface area contributed by atoms with E-state index in [0.717, 1.165) is 6.16 Å². The summed E-state index contributed by atoms with van der Waals surface area (Å²) in [5, 5.41) is 2.74. The van der Waals surface area contributed by atoms with Crippen LogP contribution in [0.15, 0.2) is 60.7 Å². The standard InChI is InChI=1S/C17H22IP/c1-3-4-15-19(2,18,16-11-7-5-8-12-16)17-13-9-6-10-14-17/h5-14H,3-4,15H2,1-2H3/i2D. The number of unbranched alkanes of at least 4 members (excludes halogenated alkanes) is 1. The van der Waals surface area contributed by atoms with E-state index in [1.165, 1.54) is 23.5 Å². The van der Waals surface area contributed by atoms with Gasteiger partial charge in [-0.3, -0.25) is 0 Å². The number of benzene rings is 2. The van der Waals surface area contributed by atoms with Crippen LogP contribution in [0.4, 0.5) is 0 Å². The van der Waals surface area contributed by atoms with Crippen LogP contribution >= 0.6 is 26.3 Å². The monoisotopic (exact) mass is 385 g/mol. The van der Waals surface area contributed by atoms with Crippen LogP contribution in [-0.2, 0) is 0 Å². The third-order valence-corrected chi connectivity index (χ3v) is 12.7. The van der Waals surface area contributed by atoms with Crippen LogP contribution in [-0.4, -0.2) is 12.8 Å². The first-order chi connectivity index (χ1) is 9.64. The zero-order chi connectivity index (χ0) is 14.5. The van der Waals surface area contributed by atoms with Crippen molar-refractivity contribution in [3.63, 3.8) is 0 Å². The Balaban J connectivity index is 2.64. The first-order valence-electron chi connectivity index (χ1n) is 7.48. The van der Waals surface area contributed by atoms with E-state index in [-0.39, 0.29) is 0 Å². The van der Waals surface area contributed by atoms with Gasteiger partial charge in [-0.15, -0.1) is 0 Å². The molecule has 0 amide bonds. The first kappa shape index (κ1) is 13.6. The van der Waals surface area contributed by atoms with Gasteiger partial charge < -0.3 is 0 Å². The summed E-state index contributed by atoms with van der Waals surface area (Å²) >= 11 is 2.67. The average Bonchev–Trinajstić information content (AvgIpc) is 2.54.